The maximum atomic E-state index is 5.33. The van der Waals surface area contributed by atoms with Gasteiger partial charge >= 0.3 is 0 Å². The highest BCUT2D eigenvalue weighted by Crippen LogP contribution is 2.19. The molecule has 0 aromatic heterocycles. The van der Waals surface area contributed by atoms with Crippen LogP contribution in [0.2, 0.25) is 0 Å². The van der Waals surface area contributed by atoms with Crippen molar-refractivity contribution < 1.29 is 4.74 Å². The molecule has 1 saturated heterocycles. The monoisotopic (exact) mass is 265 g/mol. The van der Waals surface area contributed by atoms with Crippen LogP contribution in [-0.4, -0.2) is 36.4 Å². The Kier molecular flexibility index (Phi) is 4.52. The largest absolute Gasteiger partial charge is 0.379 e. The third-order valence-electron chi connectivity index (χ3n) is 2.99. The van der Waals surface area contributed by atoms with E-state index in [1.165, 1.54) is 11.1 Å². The predicted molar refractivity (Wildman–Crippen MR) is 77.7 cm³/mol. The number of thiocarbonyl (C=S) groups is 1. The molecule has 1 aliphatic rings. The van der Waals surface area contributed by atoms with E-state index in [1.54, 1.807) is 0 Å². The Morgan fingerprint density at radius 2 is 1.83 bits per heavy atom. The lowest BCUT2D eigenvalue weighted by Gasteiger charge is -2.28. The summed E-state index contributed by atoms with van der Waals surface area (Å²) in [5, 5.41) is 5.97. The number of hydrogen-bond acceptors (Lipinski definition) is 3. The summed E-state index contributed by atoms with van der Waals surface area (Å²) in [7, 11) is 0. The Morgan fingerprint density at radius 1 is 1.22 bits per heavy atom. The van der Waals surface area contributed by atoms with Gasteiger partial charge in [-0.1, -0.05) is 18.2 Å². The fourth-order valence-electron chi connectivity index (χ4n) is 1.97. The third kappa shape index (κ3) is 3.41. The number of morpholine rings is 1. The van der Waals surface area contributed by atoms with E-state index in [0.717, 1.165) is 32.0 Å². The van der Waals surface area contributed by atoms with Gasteiger partial charge in [0, 0.05) is 18.8 Å². The number of para-hydroxylation sites is 1. The fourth-order valence-corrected chi connectivity index (χ4v) is 2.20. The van der Waals surface area contributed by atoms with Gasteiger partial charge in [-0.15, -0.1) is 0 Å². The molecular weight excluding hydrogens is 246 g/mol. The molecule has 0 aliphatic carbocycles. The Morgan fingerprint density at radius 3 is 2.44 bits per heavy atom. The molecule has 4 nitrogen and oxygen atoms in total. The molecule has 0 bridgehead atoms. The van der Waals surface area contributed by atoms with Crippen LogP contribution in [0.4, 0.5) is 5.69 Å². The first-order valence-electron chi connectivity index (χ1n) is 6.13. The molecule has 5 heteroatoms. The van der Waals surface area contributed by atoms with Crippen molar-refractivity contribution in [3.8, 4) is 0 Å². The van der Waals surface area contributed by atoms with Crippen molar-refractivity contribution in [1.29, 1.82) is 0 Å². The molecule has 0 amide bonds. The molecule has 1 aromatic rings. The summed E-state index contributed by atoms with van der Waals surface area (Å²) in [5.41, 5.74) is 6.67. The average Bonchev–Trinajstić information content (AvgIpc) is 2.35. The first kappa shape index (κ1) is 13.3. The number of ether oxygens (including phenoxy) is 1. The standard InChI is InChI=1S/C13H19N3OS/c1-10-4-3-5-11(2)12(10)14-13(18)15-16-6-8-17-9-7-16/h3-5H,6-9H2,1-2H3,(H2,14,15,18). The highest BCUT2D eigenvalue weighted by molar-refractivity contribution is 7.80. The van der Waals surface area contributed by atoms with Crippen LogP contribution in [0.25, 0.3) is 0 Å². The first-order valence-corrected chi connectivity index (χ1v) is 6.54. The molecular formula is C13H19N3OS. The van der Waals surface area contributed by atoms with Gasteiger partial charge in [-0.05, 0) is 37.2 Å². The quantitative estimate of drug-likeness (QED) is 0.798. The van der Waals surface area contributed by atoms with Gasteiger partial charge < -0.3 is 10.1 Å². The average molecular weight is 265 g/mol. The Labute approximate surface area is 113 Å². The second-order valence-electron chi connectivity index (χ2n) is 4.43. The molecule has 98 valence electrons. The maximum Gasteiger partial charge on any atom is 0.185 e. The number of anilines is 1. The summed E-state index contributed by atoms with van der Waals surface area (Å²) in [6.45, 7) is 7.36. The van der Waals surface area contributed by atoms with Crippen molar-refractivity contribution in [2.75, 3.05) is 31.6 Å². The third-order valence-corrected chi connectivity index (χ3v) is 3.18. The van der Waals surface area contributed by atoms with E-state index < -0.39 is 0 Å². The lowest BCUT2D eigenvalue weighted by molar-refractivity contribution is 0.0252. The Hall–Kier alpha value is -1.17. The van der Waals surface area contributed by atoms with Crippen LogP contribution in [0.15, 0.2) is 18.2 Å². The smallest absolute Gasteiger partial charge is 0.185 e. The molecule has 0 saturated carbocycles. The van der Waals surface area contributed by atoms with Crippen LogP contribution >= 0.6 is 12.2 Å². The highest BCUT2D eigenvalue weighted by atomic mass is 32.1. The number of hydrogen-bond donors (Lipinski definition) is 2. The summed E-state index contributed by atoms with van der Waals surface area (Å²) in [6, 6.07) is 6.20. The number of nitrogens with zero attached hydrogens (tertiary/aromatic N) is 1. The summed E-state index contributed by atoms with van der Waals surface area (Å²) in [6.07, 6.45) is 0. The SMILES string of the molecule is Cc1cccc(C)c1NC(=S)NN1CCOCC1. The van der Waals surface area contributed by atoms with Gasteiger partial charge in [-0.25, -0.2) is 5.01 Å². The lowest BCUT2D eigenvalue weighted by Crippen LogP contribution is -2.49. The van der Waals surface area contributed by atoms with Crippen LogP contribution in [0, 0.1) is 13.8 Å². The number of hydrazine groups is 1. The van der Waals surface area contributed by atoms with E-state index in [0.29, 0.717) is 5.11 Å². The highest BCUT2D eigenvalue weighted by Gasteiger charge is 2.11. The second-order valence-corrected chi connectivity index (χ2v) is 4.84. The molecule has 1 aromatic carbocycles. The van der Waals surface area contributed by atoms with Crippen LogP contribution in [0.3, 0.4) is 0 Å². The van der Waals surface area contributed by atoms with E-state index in [2.05, 4.69) is 41.7 Å². The zero-order chi connectivity index (χ0) is 13.0. The number of aryl methyl sites for hydroxylation is 2. The Balaban J connectivity index is 1.94. The van der Waals surface area contributed by atoms with Crippen molar-refractivity contribution in [3.63, 3.8) is 0 Å². The molecule has 2 rings (SSSR count). The number of rotatable bonds is 2. The predicted octanol–water partition coefficient (Wildman–Crippen LogP) is 1.84. The van der Waals surface area contributed by atoms with Gasteiger partial charge in [0.2, 0.25) is 0 Å². The minimum Gasteiger partial charge on any atom is -0.379 e. The molecule has 2 N–H and O–H groups in total. The van der Waals surface area contributed by atoms with Gasteiger partial charge in [-0.2, -0.15) is 0 Å². The second kappa shape index (κ2) is 6.13. The Bertz CT molecular complexity index is 410. The molecule has 0 radical (unpaired) electrons. The van der Waals surface area contributed by atoms with Crippen molar-refractivity contribution in [1.82, 2.24) is 10.4 Å². The van der Waals surface area contributed by atoms with Crippen molar-refractivity contribution >= 4 is 23.0 Å². The van der Waals surface area contributed by atoms with Gasteiger partial charge in [0.1, 0.15) is 0 Å². The molecule has 1 heterocycles. The molecule has 0 spiro atoms. The van der Waals surface area contributed by atoms with Crippen LogP contribution in [0.5, 0.6) is 0 Å². The van der Waals surface area contributed by atoms with Crippen LogP contribution < -0.4 is 10.7 Å². The van der Waals surface area contributed by atoms with Gasteiger partial charge in [0.05, 0.1) is 13.2 Å². The minimum atomic E-state index is 0.634. The zero-order valence-electron chi connectivity index (χ0n) is 10.8. The maximum absolute atomic E-state index is 5.33. The topological polar surface area (TPSA) is 36.5 Å². The molecule has 1 fully saturated rings. The van der Waals surface area contributed by atoms with E-state index in [4.69, 9.17) is 17.0 Å². The van der Waals surface area contributed by atoms with Crippen LogP contribution in [-0.2, 0) is 4.74 Å². The van der Waals surface area contributed by atoms with Gasteiger partial charge in [0.15, 0.2) is 5.11 Å². The number of benzene rings is 1. The van der Waals surface area contributed by atoms with Crippen molar-refractivity contribution in [2.24, 2.45) is 0 Å². The molecule has 1 aliphatic heterocycles. The van der Waals surface area contributed by atoms with E-state index in [1.807, 2.05) is 6.07 Å². The van der Waals surface area contributed by atoms with Crippen LogP contribution in [0.1, 0.15) is 11.1 Å². The van der Waals surface area contributed by atoms with Crippen molar-refractivity contribution in [3.05, 3.63) is 29.3 Å². The molecule has 0 unspecified atom stereocenters. The summed E-state index contributed by atoms with van der Waals surface area (Å²) >= 11 is 5.33. The van der Waals surface area contributed by atoms with E-state index in [-0.39, 0.29) is 0 Å². The molecule has 18 heavy (non-hydrogen) atoms. The van der Waals surface area contributed by atoms with Crippen molar-refractivity contribution in [2.45, 2.75) is 13.8 Å². The van der Waals surface area contributed by atoms with E-state index in [9.17, 15) is 0 Å². The summed E-state index contributed by atoms with van der Waals surface area (Å²) in [5.74, 6) is 0. The number of nitrogens with one attached hydrogen (secondary N) is 2. The summed E-state index contributed by atoms with van der Waals surface area (Å²) in [4.78, 5) is 0. The normalized spacial score (nSPS) is 16.3. The lowest BCUT2D eigenvalue weighted by atomic mass is 10.1. The van der Waals surface area contributed by atoms with E-state index >= 15 is 0 Å². The molecule has 0 atom stereocenters. The van der Waals surface area contributed by atoms with Gasteiger partial charge in [0.25, 0.3) is 0 Å². The minimum absolute atomic E-state index is 0.634. The van der Waals surface area contributed by atoms with Gasteiger partial charge in [-0.3, -0.25) is 5.43 Å². The first-order chi connectivity index (χ1) is 8.66. The zero-order valence-corrected chi connectivity index (χ0v) is 11.6. The fraction of sp³-hybridized carbons (Fsp3) is 0.462. The summed E-state index contributed by atoms with van der Waals surface area (Å²) < 4.78 is 5.29.